The molecule has 3 N–H and O–H groups in total. The number of carbonyl (C=O) groups is 3. The average Bonchev–Trinajstić information content (AvgIpc) is 2.27. The molecule has 1 atom stereocenters. The normalized spacial score (nSPS) is 19.3. The van der Waals surface area contributed by atoms with Crippen LogP contribution in [0.25, 0.3) is 0 Å². The molecule has 7 heteroatoms. The molecule has 0 saturated carbocycles. The Balaban J connectivity index is 2.41. The molecule has 7 nitrogen and oxygen atoms in total. The zero-order valence-corrected chi connectivity index (χ0v) is 10.9. The highest BCUT2D eigenvalue weighted by molar-refractivity contribution is 5.89. The first-order chi connectivity index (χ1) is 8.40. The van der Waals surface area contributed by atoms with Gasteiger partial charge in [-0.25, -0.2) is 0 Å². The molecule has 102 valence electrons. The molecule has 3 amide bonds. The number of rotatable bonds is 4. The summed E-state index contributed by atoms with van der Waals surface area (Å²) in [6.07, 6.45) is 0. The van der Waals surface area contributed by atoms with Gasteiger partial charge in [0.25, 0.3) is 0 Å². The highest BCUT2D eigenvalue weighted by Crippen LogP contribution is 1.95. The Morgan fingerprint density at radius 2 is 2.17 bits per heavy atom. The lowest BCUT2D eigenvalue weighted by Gasteiger charge is -2.27. The molecule has 1 rings (SSSR count). The van der Waals surface area contributed by atoms with Crippen LogP contribution in [0.5, 0.6) is 0 Å². The van der Waals surface area contributed by atoms with Gasteiger partial charge in [-0.15, -0.1) is 0 Å². The second-order valence-corrected chi connectivity index (χ2v) is 4.65. The van der Waals surface area contributed by atoms with Crippen LogP contribution in [0.4, 0.5) is 0 Å². The summed E-state index contributed by atoms with van der Waals surface area (Å²) in [5.41, 5.74) is 0. The third-order valence-corrected chi connectivity index (χ3v) is 2.52. The van der Waals surface area contributed by atoms with E-state index in [1.165, 1.54) is 4.90 Å². The topological polar surface area (TPSA) is 90.5 Å². The van der Waals surface area contributed by atoms with E-state index in [4.69, 9.17) is 0 Å². The van der Waals surface area contributed by atoms with E-state index in [1.54, 1.807) is 7.05 Å². The van der Waals surface area contributed by atoms with Gasteiger partial charge >= 0.3 is 0 Å². The Morgan fingerprint density at radius 1 is 1.50 bits per heavy atom. The van der Waals surface area contributed by atoms with Crippen molar-refractivity contribution in [3.8, 4) is 0 Å². The summed E-state index contributed by atoms with van der Waals surface area (Å²) in [5.74, 6) is -0.520. The van der Waals surface area contributed by atoms with Gasteiger partial charge in [0.1, 0.15) is 6.04 Å². The van der Waals surface area contributed by atoms with Gasteiger partial charge in [-0.3, -0.25) is 19.7 Å². The molecule has 1 aliphatic heterocycles. The number of hydrogen-bond acceptors (Lipinski definition) is 4. The van der Waals surface area contributed by atoms with Crippen LogP contribution in [0.3, 0.4) is 0 Å². The first-order valence-corrected chi connectivity index (χ1v) is 5.94. The van der Waals surface area contributed by atoms with E-state index in [9.17, 15) is 14.4 Å². The Labute approximate surface area is 106 Å². The van der Waals surface area contributed by atoms with Crippen molar-refractivity contribution >= 4 is 17.7 Å². The Morgan fingerprint density at radius 3 is 2.67 bits per heavy atom. The highest BCUT2D eigenvalue weighted by Gasteiger charge is 2.27. The molecule has 0 aromatic heterocycles. The maximum atomic E-state index is 12.0. The van der Waals surface area contributed by atoms with Gasteiger partial charge in [0.15, 0.2) is 0 Å². The first kappa shape index (κ1) is 14.4. The summed E-state index contributed by atoms with van der Waals surface area (Å²) in [6, 6.07) is -0.410. The van der Waals surface area contributed by atoms with E-state index in [0.29, 0.717) is 0 Å². The fraction of sp³-hybridized carbons (Fsp3) is 0.727. The van der Waals surface area contributed by atoms with Crippen molar-refractivity contribution in [3.63, 3.8) is 0 Å². The summed E-state index contributed by atoms with van der Waals surface area (Å²) >= 11 is 0. The number of piperazine rings is 1. The molecule has 1 fully saturated rings. The molecule has 0 spiro atoms. The smallest absolute Gasteiger partial charge is 0.241 e. The van der Waals surface area contributed by atoms with Crippen molar-refractivity contribution in [1.82, 2.24) is 20.9 Å². The number of nitrogens with one attached hydrogen (secondary N) is 3. The molecule has 0 bridgehead atoms. The van der Waals surface area contributed by atoms with E-state index in [2.05, 4.69) is 16.0 Å². The minimum absolute atomic E-state index is 0.0170. The van der Waals surface area contributed by atoms with Gasteiger partial charge in [0.05, 0.1) is 13.1 Å². The zero-order chi connectivity index (χ0) is 13.7. The molecule has 0 aliphatic carbocycles. The number of nitrogens with zero attached hydrogens (tertiary/aromatic N) is 1. The summed E-state index contributed by atoms with van der Waals surface area (Å²) in [4.78, 5) is 35.8. The lowest BCUT2D eigenvalue weighted by molar-refractivity contribution is -0.137. The summed E-state index contributed by atoms with van der Waals surface area (Å²) in [5, 5.41) is 8.15. The minimum Gasteiger partial charge on any atom is -0.353 e. The first-order valence-electron chi connectivity index (χ1n) is 5.94. The number of amides is 3. The molecule has 1 saturated heterocycles. The maximum absolute atomic E-state index is 12.0. The lowest BCUT2D eigenvalue weighted by atomic mass is 10.2. The van der Waals surface area contributed by atoms with Crippen molar-refractivity contribution in [1.29, 1.82) is 0 Å². The molecule has 1 aliphatic rings. The SMILES string of the molecule is CC(C)NC(=O)CN(C)C(=O)C1CNC(=O)CN1. The largest absolute Gasteiger partial charge is 0.353 e. The molecular formula is C11H20N4O3. The maximum Gasteiger partial charge on any atom is 0.241 e. The molecule has 0 aromatic rings. The highest BCUT2D eigenvalue weighted by atomic mass is 16.2. The van der Waals surface area contributed by atoms with Crippen LogP contribution in [-0.2, 0) is 14.4 Å². The van der Waals surface area contributed by atoms with Gasteiger partial charge in [-0.2, -0.15) is 0 Å². The second kappa shape index (κ2) is 6.34. The number of likely N-dealkylation sites (N-methyl/N-ethyl adjacent to an activating group) is 1. The predicted octanol–water partition coefficient (Wildman–Crippen LogP) is -1.94. The van der Waals surface area contributed by atoms with Crippen LogP contribution in [0.2, 0.25) is 0 Å². The van der Waals surface area contributed by atoms with E-state index < -0.39 is 6.04 Å². The predicted molar refractivity (Wildman–Crippen MR) is 65.7 cm³/mol. The average molecular weight is 256 g/mol. The monoisotopic (exact) mass is 256 g/mol. The van der Waals surface area contributed by atoms with Gasteiger partial charge in [0.2, 0.25) is 17.7 Å². The van der Waals surface area contributed by atoms with Crippen LogP contribution in [0, 0.1) is 0 Å². The van der Waals surface area contributed by atoms with E-state index in [0.717, 1.165) is 0 Å². The van der Waals surface area contributed by atoms with Crippen LogP contribution in [0.15, 0.2) is 0 Å². The summed E-state index contributed by atoms with van der Waals surface area (Å²) in [7, 11) is 1.57. The second-order valence-electron chi connectivity index (χ2n) is 4.65. The van der Waals surface area contributed by atoms with E-state index in [-0.39, 0.29) is 43.4 Å². The van der Waals surface area contributed by atoms with Crippen LogP contribution < -0.4 is 16.0 Å². The molecular weight excluding hydrogens is 236 g/mol. The summed E-state index contributed by atoms with van der Waals surface area (Å²) in [6.45, 7) is 4.12. The zero-order valence-electron chi connectivity index (χ0n) is 10.9. The van der Waals surface area contributed by atoms with Gasteiger partial charge in [-0.1, -0.05) is 0 Å². The van der Waals surface area contributed by atoms with E-state index in [1.807, 2.05) is 13.8 Å². The van der Waals surface area contributed by atoms with Gasteiger partial charge < -0.3 is 15.5 Å². The molecule has 1 unspecified atom stereocenters. The standard InChI is InChI=1S/C11H20N4O3/c1-7(2)14-10(17)6-15(3)11(18)8-4-13-9(16)5-12-8/h7-8,12H,4-6H2,1-3H3,(H,13,16)(H,14,17). The van der Waals surface area contributed by atoms with Gasteiger partial charge in [0, 0.05) is 19.6 Å². The number of carbonyl (C=O) groups excluding carboxylic acids is 3. The number of hydrogen-bond donors (Lipinski definition) is 3. The third-order valence-electron chi connectivity index (χ3n) is 2.52. The van der Waals surface area contributed by atoms with Crippen LogP contribution in [0.1, 0.15) is 13.8 Å². The fourth-order valence-corrected chi connectivity index (χ4v) is 1.67. The van der Waals surface area contributed by atoms with Crippen molar-refractivity contribution in [2.45, 2.75) is 25.9 Å². The third kappa shape index (κ3) is 4.33. The van der Waals surface area contributed by atoms with Crippen molar-refractivity contribution in [2.24, 2.45) is 0 Å². The molecule has 0 aromatic carbocycles. The minimum atomic E-state index is -0.459. The van der Waals surface area contributed by atoms with Gasteiger partial charge in [-0.05, 0) is 13.8 Å². The molecule has 18 heavy (non-hydrogen) atoms. The molecule has 1 heterocycles. The Bertz CT molecular complexity index is 333. The van der Waals surface area contributed by atoms with Crippen molar-refractivity contribution < 1.29 is 14.4 Å². The van der Waals surface area contributed by atoms with Crippen LogP contribution >= 0.6 is 0 Å². The Kier molecular flexibility index (Phi) is 5.08. The Hall–Kier alpha value is -1.63. The van der Waals surface area contributed by atoms with Crippen molar-refractivity contribution in [3.05, 3.63) is 0 Å². The van der Waals surface area contributed by atoms with Crippen LogP contribution in [-0.4, -0.2) is 61.4 Å². The van der Waals surface area contributed by atoms with E-state index >= 15 is 0 Å². The molecule has 0 radical (unpaired) electrons. The quantitative estimate of drug-likeness (QED) is 0.546. The lowest BCUT2D eigenvalue weighted by Crippen LogP contribution is -2.58. The summed E-state index contributed by atoms with van der Waals surface area (Å²) < 4.78 is 0. The fourth-order valence-electron chi connectivity index (χ4n) is 1.67. The van der Waals surface area contributed by atoms with Crippen molar-refractivity contribution in [2.75, 3.05) is 26.7 Å².